The molecular formula is C93H56B4N6O12. The second-order valence-corrected chi connectivity index (χ2v) is 26.9. The van der Waals surface area contributed by atoms with Gasteiger partial charge in [0.25, 0.3) is 0 Å². The van der Waals surface area contributed by atoms with Gasteiger partial charge in [-0.2, -0.15) is 5.26 Å². The maximum Gasteiger partial charge on any atom is 0.569 e. The SMILES string of the molecule is N#Cc1cccc(-c2cccc3c2oc2c(O[B]O)cccc23)c1.O[B]Oc1cccc2c1oc1c(-c3ccc4c5ncncc5n(-c5ccccc5)c4c3)cccc12.O[B]Oc1cccc2c1oc1c(-c3ccc4ccc5ccccc5c4c3)cccc12.O[B]Oc1cccc2c1oc1c(-c3ncc4ccccc4n3)cccc12. The zero-order chi connectivity index (χ0) is 77.5. The van der Waals surface area contributed by atoms with Crippen molar-refractivity contribution in [3.05, 3.63) is 322 Å². The van der Waals surface area contributed by atoms with Crippen molar-refractivity contribution in [3.8, 4) is 79.5 Å². The van der Waals surface area contributed by atoms with Crippen molar-refractivity contribution < 1.29 is 56.4 Å². The van der Waals surface area contributed by atoms with Gasteiger partial charge >= 0.3 is 30.7 Å². The van der Waals surface area contributed by atoms with Crippen molar-refractivity contribution in [3.63, 3.8) is 0 Å². The summed E-state index contributed by atoms with van der Waals surface area (Å²) >= 11 is 0. The smallest absolute Gasteiger partial charge is 0.535 e. The topological polar surface area (TPSA) is 251 Å². The van der Waals surface area contributed by atoms with E-state index < -0.39 is 0 Å². The number of aromatic nitrogens is 5. The van der Waals surface area contributed by atoms with Crippen LogP contribution in [-0.4, -0.2) is 75.3 Å². The van der Waals surface area contributed by atoms with Crippen LogP contribution in [0.15, 0.2) is 334 Å². The van der Waals surface area contributed by atoms with Crippen molar-refractivity contribution in [1.29, 1.82) is 5.26 Å². The summed E-state index contributed by atoms with van der Waals surface area (Å²) in [4.78, 5) is 18.0. The number of hydrogen-bond donors (Lipinski definition) is 4. The highest BCUT2D eigenvalue weighted by Gasteiger charge is 2.23. The van der Waals surface area contributed by atoms with Crippen LogP contribution >= 0.6 is 0 Å². The standard InChI is InChI=1S/C28H17BN3O3.C26H16BO3.C20H12BN2O3.C19H11BNO3/c33-29-35-25-11-5-10-21-20-9-4-8-19(27(20)34-28(21)25)17-12-13-22-23(14-17)32(18-6-2-1-3-7-18)24-15-30-16-31-26(22)24;28-27-30-24-10-4-9-22-21-8-3-7-20(25(21)29-26(22)24)18-14-13-17-12-11-16-5-1-2-6-19(16)23(17)15-18;24-21-26-17-10-4-7-14-13-6-3-8-15(18(13)25-19(14)17)20-22-11-12-5-1-2-9-16(12)23-20;21-11-12-4-1-5-13(10-12)14-6-2-7-15-16-8-3-9-17(24-20-22)19(16)23-18(14)15/h1-16,33H;1-15,28H;1-11,24H;1-10,22H. The van der Waals surface area contributed by atoms with Crippen LogP contribution in [0.4, 0.5) is 0 Å². The molecule has 0 fully saturated rings. The monoisotopic (exact) mass is 1490 g/mol. The fourth-order valence-corrected chi connectivity index (χ4v) is 15.4. The number of hydrogen-bond acceptors (Lipinski definition) is 17. The summed E-state index contributed by atoms with van der Waals surface area (Å²) in [6.45, 7) is 0. The van der Waals surface area contributed by atoms with Crippen LogP contribution in [0.1, 0.15) is 5.56 Å². The molecule has 7 aromatic heterocycles. The summed E-state index contributed by atoms with van der Waals surface area (Å²) in [5.74, 6) is 2.45. The van der Waals surface area contributed by atoms with Crippen LogP contribution < -0.4 is 18.6 Å². The Morgan fingerprint density at radius 2 is 0.739 bits per heavy atom. The number of benzene rings is 15. The van der Waals surface area contributed by atoms with Crippen molar-refractivity contribution >= 4 is 173 Å². The second-order valence-electron chi connectivity index (χ2n) is 26.9. The first-order valence-electron chi connectivity index (χ1n) is 36.5. The van der Waals surface area contributed by atoms with Gasteiger partial charge < -0.3 is 60.9 Å². The van der Waals surface area contributed by atoms with E-state index in [2.05, 4.69) is 128 Å². The van der Waals surface area contributed by atoms with E-state index in [4.69, 9.17) is 61.6 Å². The van der Waals surface area contributed by atoms with Gasteiger partial charge in [-0.1, -0.05) is 218 Å². The molecule has 22 heteroatoms. The highest BCUT2D eigenvalue weighted by molar-refractivity contribution is 6.22. The third-order valence-electron chi connectivity index (χ3n) is 20.5. The average Bonchev–Trinajstić information content (AvgIpc) is 1.59. The fraction of sp³-hybridized carbons (Fsp3) is 0. The molecule has 0 saturated carbocycles. The predicted octanol–water partition coefficient (Wildman–Crippen LogP) is 20.6. The van der Waals surface area contributed by atoms with E-state index in [-0.39, 0.29) is 0 Å². The van der Waals surface area contributed by atoms with Gasteiger partial charge in [0.05, 0.1) is 45.5 Å². The lowest BCUT2D eigenvalue weighted by Crippen LogP contribution is -1.99. The minimum absolute atomic E-state index is 0.447. The zero-order valence-corrected chi connectivity index (χ0v) is 60.6. The van der Waals surface area contributed by atoms with Crippen LogP contribution in [0.5, 0.6) is 23.0 Å². The Morgan fingerprint density at radius 1 is 0.322 bits per heavy atom. The molecule has 4 N–H and O–H groups in total. The Balaban J connectivity index is 0.000000104. The van der Waals surface area contributed by atoms with Crippen LogP contribution in [-0.2, 0) is 0 Å². The van der Waals surface area contributed by atoms with E-state index in [1.54, 1.807) is 36.7 Å². The van der Waals surface area contributed by atoms with E-state index in [0.29, 0.717) is 93.0 Å². The molecule has 18 nitrogen and oxygen atoms in total. The number of para-hydroxylation sites is 10. The summed E-state index contributed by atoms with van der Waals surface area (Å²) in [7, 11) is 2.63. The van der Waals surface area contributed by atoms with Crippen molar-refractivity contribution in [1.82, 2.24) is 24.5 Å². The lowest BCUT2D eigenvalue weighted by molar-refractivity contribution is 0.450. The number of nitrogens with zero attached hydrogens (tertiary/aromatic N) is 6. The van der Waals surface area contributed by atoms with Gasteiger partial charge in [0.15, 0.2) is 28.2 Å². The van der Waals surface area contributed by atoms with Gasteiger partial charge in [-0.05, 0) is 117 Å². The van der Waals surface area contributed by atoms with Gasteiger partial charge in [-0.15, -0.1) is 0 Å². The quantitative estimate of drug-likeness (QED) is 0.0618. The van der Waals surface area contributed by atoms with E-state index in [0.717, 1.165) is 137 Å². The highest BCUT2D eigenvalue weighted by Crippen LogP contribution is 2.46. The van der Waals surface area contributed by atoms with Gasteiger partial charge in [-0.25, -0.2) is 19.9 Å². The number of rotatable bonds is 13. The summed E-state index contributed by atoms with van der Waals surface area (Å²) < 4.78 is 47.7. The molecule has 0 unspecified atom stereocenters. The molecule has 542 valence electrons. The van der Waals surface area contributed by atoms with E-state index in [1.807, 2.05) is 182 Å². The largest absolute Gasteiger partial charge is 0.569 e. The molecule has 15 aromatic carbocycles. The molecule has 0 atom stereocenters. The summed E-state index contributed by atoms with van der Waals surface area (Å²) in [5, 5.41) is 59.8. The average molecular weight is 1490 g/mol. The highest BCUT2D eigenvalue weighted by atomic mass is 16.5. The molecule has 0 amide bonds. The number of fused-ring (bicyclic) bond motifs is 19. The summed E-state index contributed by atoms with van der Waals surface area (Å²) in [6, 6.07) is 99.8. The van der Waals surface area contributed by atoms with Gasteiger partial charge in [0.2, 0.25) is 0 Å². The Morgan fingerprint density at radius 3 is 1.27 bits per heavy atom. The first-order valence-corrected chi connectivity index (χ1v) is 36.5. The summed E-state index contributed by atoms with van der Waals surface area (Å²) in [6.07, 6.45) is 5.26. The van der Waals surface area contributed by atoms with Crippen LogP contribution in [0.3, 0.4) is 0 Å². The molecule has 0 spiro atoms. The van der Waals surface area contributed by atoms with Crippen molar-refractivity contribution in [2.24, 2.45) is 0 Å². The minimum atomic E-state index is 0.447. The third kappa shape index (κ3) is 12.8. The zero-order valence-electron chi connectivity index (χ0n) is 60.6. The molecule has 0 bridgehead atoms. The fourth-order valence-electron chi connectivity index (χ4n) is 15.4. The molecule has 22 aromatic rings. The maximum atomic E-state index is 9.17. The molecule has 22 rings (SSSR count). The van der Waals surface area contributed by atoms with E-state index in [9.17, 15) is 0 Å². The first kappa shape index (κ1) is 70.4. The molecule has 0 saturated heterocycles. The van der Waals surface area contributed by atoms with Crippen LogP contribution in [0.2, 0.25) is 0 Å². The predicted molar refractivity (Wildman–Crippen MR) is 454 cm³/mol. The molecule has 0 aliphatic heterocycles. The minimum Gasteiger partial charge on any atom is -0.535 e. The molecule has 7 heterocycles. The third-order valence-corrected chi connectivity index (χ3v) is 20.5. The Labute approximate surface area is 656 Å². The Hall–Kier alpha value is -15.0. The number of nitriles is 1. The van der Waals surface area contributed by atoms with Crippen LogP contribution in [0.25, 0.3) is 193 Å². The number of furan rings is 4. The van der Waals surface area contributed by atoms with E-state index in [1.165, 1.54) is 21.5 Å². The van der Waals surface area contributed by atoms with Gasteiger partial charge in [-0.3, -0.25) is 0 Å². The Bertz CT molecular complexity index is 7570. The molecule has 4 radical (unpaired) electrons. The molecule has 0 aliphatic rings. The van der Waals surface area contributed by atoms with Gasteiger partial charge in [0, 0.05) is 82.4 Å². The lowest BCUT2D eigenvalue weighted by Gasteiger charge is -2.08. The second kappa shape index (κ2) is 30.4. The lowest BCUT2D eigenvalue weighted by atomic mass is 9.96. The first-order chi connectivity index (χ1) is 56.8. The van der Waals surface area contributed by atoms with Crippen molar-refractivity contribution in [2.45, 2.75) is 0 Å². The Kier molecular flexibility index (Phi) is 18.6. The van der Waals surface area contributed by atoms with Crippen molar-refractivity contribution in [2.75, 3.05) is 0 Å². The normalized spacial score (nSPS) is 11.3. The van der Waals surface area contributed by atoms with Crippen LogP contribution in [0, 0.1) is 11.3 Å². The van der Waals surface area contributed by atoms with Gasteiger partial charge in [0.1, 0.15) is 51.7 Å². The molecular weight excluding hydrogens is 1440 g/mol. The van der Waals surface area contributed by atoms with E-state index >= 15 is 0 Å². The summed E-state index contributed by atoms with van der Waals surface area (Å²) in [5.41, 5.74) is 17.5. The molecule has 0 aliphatic carbocycles. The molecule has 115 heavy (non-hydrogen) atoms. The maximum absolute atomic E-state index is 9.17.